The van der Waals surface area contributed by atoms with Crippen molar-refractivity contribution in [3.05, 3.63) is 53.1 Å². The van der Waals surface area contributed by atoms with Crippen LogP contribution in [0.25, 0.3) is 0 Å². The SMILES string of the molecule is O=C(Nc1cnccc1C(=O)C(F)(F)F)c1ccnc(Cl)c1. The van der Waals surface area contributed by atoms with Crippen LogP contribution < -0.4 is 5.32 Å². The average molecular weight is 330 g/mol. The Labute approximate surface area is 127 Å². The highest BCUT2D eigenvalue weighted by Gasteiger charge is 2.40. The van der Waals surface area contributed by atoms with E-state index in [-0.39, 0.29) is 16.4 Å². The third-order valence-electron chi connectivity index (χ3n) is 2.56. The van der Waals surface area contributed by atoms with E-state index in [9.17, 15) is 22.8 Å². The molecule has 1 amide bonds. The van der Waals surface area contributed by atoms with Crippen molar-refractivity contribution >= 4 is 29.0 Å². The number of hydrogen-bond acceptors (Lipinski definition) is 4. The second-order valence-corrected chi connectivity index (χ2v) is 4.46. The quantitative estimate of drug-likeness (QED) is 0.693. The molecule has 2 aromatic rings. The molecule has 2 heterocycles. The molecule has 0 radical (unpaired) electrons. The zero-order valence-electron chi connectivity index (χ0n) is 10.7. The first kappa shape index (κ1) is 15.9. The van der Waals surface area contributed by atoms with Gasteiger partial charge in [-0.3, -0.25) is 14.6 Å². The number of halogens is 4. The van der Waals surface area contributed by atoms with E-state index in [1.54, 1.807) is 0 Å². The van der Waals surface area contributed by atoms with Gasteiger partial charge in [0.2, 0.25) is 0 Å². The average Bonchev–Trinajstić information content (AvgIpc) is 2.46. The van der Waals surface area contributed by atoms with E-state index in [0.29, 0.717) is 0 Å². The minimum atomic E-state index is -5.05. The lowest BCUT2D eigenvalue weighted by Gasteiger charge is -2.11. The summed E-state index contributed by atoms with van der Waals surface area (Å²) >= 11 is 5.63. The van der Waals surface area contributed by atoms with Gasteiger partial charge in [-0.15, -0.1) is 0 Å². The fourth-order valence-electron chi connectivity index (χ4n) is 1.58. The number of nitrogens with zero attached hydrogens (tertiary/aromatic N) is 2. The Morgan fingerprint density at radius 3 is 2.55 bits per heavy atom. The highest BCUT2D eigenvalue weighted by atomic mass is 35.5. The molecule has 22 heavy (non-hydrogen) atoms. The normalized spacial score (nSPS) is 11.1. The molecular weight excluding hydrogens is 323 g/mol. The minimum Gasteiger partial charge on any atom is -0.320 e. The molecule has 0 atom stereocenters. The molecule has 114 valence electrons. The summed E-state index contributed by atoms with van der Waals surface area (Å²) in [6.45, 7) is 0. The van der Waals surface area contributed by atoms with Gasteiger partial charge in [0, 0.05) is 18.0 Å². The van der Waals surface area contributed by atoms with Crippen molar-refractivity contribution in [2.45, 2.75) is 6.18 Å². The van der Waals surface area contributed by atoms with Gasteiger partial charge < -0.3 is 5.32 Å². The Hall–Kier alpha value is -2.48. The highest BCUT2D eigenvalue weighted by Crippen LogP contribution is 2.26. The highest BCUT2D eigenvalue weighted by molar-refractivity contribution is 6.29. The van der Waals surface area contributed by atoms with Gasteiger partial charge in [-0.2, -0.15) is 13.2 Å². The summed E-state index contributed by atoms with van der Waals surface area (Å²) in [6.07, 6.45) is -1.80. The largest absolute Gasteiger partial charge is 0.454 e. The van der Waals surface area contributed by atoms with Gasteiger partial charge in [0.25, 0.3) is 11.7 Å². The van der Waals surface area contributed by atoms with Crippen molar-refractivity contribution in [1.82, 2.24) is 9.97 Å². The van der Waals surface area contributed by atoms with Crippen molar-refractivity contribution in [3.63, 3.8) is 0 Å². The molecule has 0 aliphatic heterocycles. The number of rotatable bonds is 3. The molecule has 1 N–H and O–H groups in total. The molecule has 0 spiro atoms. The summed E-state index contributed by atoms with van der Waals surface area (Å²) in [7, 11) is 0. The van der Waals surface area contributed by atoms with Crippen molar-refractivity contribution in [3.8, 4) is 0 Å². The van der Waals surface area contributed by atoms with Crippen LogP contribution in [0.3, 0.4) is 0 Å². The maximum Gasteiger partial charge on any atom is 0.454 e. The number of anilines is 1. The lowest BCUT2D eigenvalue weighted by atomic mass is 10.1. The van der Waals surface area contributed by atoms with E-state index in [4.69, 9.17) is 11.6 Å². The Morgan fingerprint density at radius 2 is 1.91 bits per heavy atom. The second-order valence-electron chi connectivity index (χ2n) is 4.07. The lowest BCUT2D eigenvalue weighted by molar-refractivity contribution is -0.0884. The van der Waals surface area contributed by atoms with Gasteiger partial charge in [0.1, 0.15) is 5.15 Å². The molecule has 0 unspecified atom stereocenters. The Bertz CT molecular complexity index is 734. The molecular formula is C13H7ClF3N3O2. The molecule has 0 fully saturated rings. The number of pyridine rings is 2. The smallest absolute Gasteiger partial charge is 0.320 e. The molecule has 0 saturated carbocycles. The first-order valence-corrected chi connectivity index (χ1v) is 6.15. The van der Waals surface area contributed by atoms with Crippen LogP contribution in [0.4, 0.5) is 18.9 Å². The van der Waals surface area contributed by atoms with E-state index in [2.05, 4.69) is 15.3 Å². The van der Waals surface area contributed by atoms with Crippen LogP contribution in [0, 0.1) is 0 Å². The Kier molecular flexibility index (Phi) is 4.41. The number of aromatic nitrogens is 2. The summed E-state index contributed by atoms with van der Waals surface area (Å²) in [5.41, 5.74) is -0.965. The standard InChI is InChI=1S/C13H7ClF3N3O2/c14-10-5-7(1-4-19-10)12(22)20-9-6-18-3-2-8(9)11(21)13(15,16)17/h1-6H,(H,20,22). The first-order chi connectivity index (χ1) is 10.3. The van der Waals surface area contributed by atoms with Gasteiger partial charge in [-0.25, -0.2) is 4.98 Å². The number of ketones is 1. The summed E-state index contributed by atoms with van der Waals surface area (Å²) in [6, 6.07) is 3.44. The van der Waals surface area contributed by atoms with E-state index >= 15 is 0 Å². The van der Waals surface area contributed by atoms with Crippen LogP contribution in [0.5, 0.6) is 0 Å². The summed E-state index contributed by atoms with van der Waals surface area (Å²) < 4.78 is 37.6. The van der Waals surface area contributed by atoms with Crippen molar-refractivity contribution in [2.75, 3.05) is 5.32 Å². The van der Waals surface area contributed by atoms with Crippen LogP contribution in [0.15, 0.2) is 36.8 Å². The maximum absolute atomic E-state index is 12.5. The first-order valence-electron chi connectivity index (χ1n) is 5.77. The molecule has 2 aromatic heterocycles. The predicted octanol–water partition coefficient (Wildman–Crippen LogP) is 3.13. The van der Waals surface area contributed by atoms with E-state index < -0.39 is 23.4 Å². The topological polar surface area (TPSA) is 72.0 Å². The minimum absolute atomic E-state index is 0.0467. The van der Waals surface area contributed by atoms with Crippen molar-refractivity contribution in [2.24, 2.45) is 0 Å². The second kappa shape index (κ2) is 6.10. The third-order valence-corrected chi connectivity index (χ3v) is 2.77. The van der Waals surface area contributed by atoms with Gasteiger partial charge >= 0.3 is 6.18 Å². The fourth-order valence-corrected chi connectivity index (χ4v) is 1.76. The number of alkyl halides is 3. The predicted molar refractivity (Wildman–Crippen MR) is 71.8 cm³/mol. The van der Waals surface area contributed by atoms with Crippen LogP contribution in [0.1, 0.15) is 20.7 Å². The summed E-state index contributed by atoms with van der Waals surface area (Å²) in [4.78, 5) is 30.6. The molecule has 0 aliphatic rings. The number of amides is 1. The molecule has 0 aliphatic carbocycles. The van der Waals surface area contributed by atoms with Crippen LogP contribution in [-0.2, 0) is 0 Å². The Balaban J connectivity index is 2.31. The van der Waals surface area contributed by atoms with E-state index in [1.165, 1.54) is 18.3 Å². The fraction of sp³-hybridized carbons (Fsp3) is 0.0769. The van der Waals surface area contributed by atoms with Gasteiger partial charge in [0.15, 0.2) is 0 Å². The van der Waals surface area contributed by atoms with Gasteiger partial charge in [-0.05, 0) is 18.2 Å². The summed E-state index contributed by atoms with van der Waals surface area (Å²) in [5.74, 6) is -2.81. The van der Waals surface area contributed by atoms with E-state index in [0.717, 1.165) is 18.5 Å². The van der Waals surface area contributed by atoms with Crippen molar-refractivity contribution in [1.29, 1.82) is 0 Å². The van der Waals surface area contributed by atoms with Crippen molar-refractivity contribution < 1.29 is 22.8 Å². The number of carbonyl (C=O) groups excluding carboxylic acids is 2. The zero-order valence-corrected chi connectivity index (χ0v) is 11.4. The number of Topliss-reactive ketones (excluding diaryl/α,β-unsaturated/α-hetero) is 1. The van der Waals surface area contributed by atoms with E-state index in [1.807, 2.05) is 0 Å². The zero-order chi connectivity index (χ0) is 16.3. The molecule has 5 nitrogen and oxygen atoms in total. The lowest BCUT2D eigenvalue weighted by Crippen LogP contribution is -2.25. The molecule has 0 saturated heterocycles. The monoisotopic (exact) mass is 329 g/mol. The number of carbonyl (C=O) groups is 2. The molecule has 0 bridgehead atoms. The maximum atomic E-state index is 12.5. The third kappa shape index (κ3) is 3.59. The van der Waals surface area contributed by atoms with Crippen LogP contribution in [-0.4, -0.2) is 27.8 Å². The molecule has 2 rings (SSSR count). The molecule has 0 aromatic carbocycles. The van der Waals surface area contributed by atoms with Crippen LogP contribution >= 0.6 is 11.6 Å². The van der Waals surface area contributed by atoms with Crippen LogP contribution in [0.2, 0.25) is 5.15 Å². The molecule has 9 heteroatoms. The number of nitrogens with one attached hydrogen (secondary N) is 1. The van der Waals surface area contributed by atoms with Gasteiger partial charge in [-0.1, -0.05) is 11.6 Å². The summed E-state index contributed by atoms with van der Waals surface area (Å²) in [5, 5.41) is 2.25. The van der Waals surface area contributed by atoms with Gasteiger partial charge in [0.05, 0.1) is 17.4 Å². The number of hydrogen-bond donors (Lipinski definition) is 1. The Morgan fingerprint density at radius 1 is 1.18 bits per heavy atom.